The SMILES string of the molecule is COc1ccc(C=Cc2cc(OC)c(OC)c(OC)c2)cc1NC(=O)C(CO)C(C)C. The summed E-state index contributed by atoms with van der Waals surface area (Å²) < 4.78 is 21.5. The molecule has 0 aliphatic rings. The van der Waals surface area contributed by atoms with Crippen LogP contribution in [0.5, 0.6) is 23.0 Å². The molecule has 7 heteroatoms. The Hall–Kier alpha value is -3.19. The van der Waals surface area contributed by atoms with Gasteiger partial charge in [-0.1, -0.05) is 32.1 Å². The first kappa shape index (κ1) is 24.1. The fourth-order valence-corrected chi connectivity index (χ4v) is 3.14. The van der Waals surface area contributed by atoms with Crippen LogP contribution in [0.3, 0.4) is 0 Å². The molecule has 2 aromatic rings. The Kier molecular flexibility index (Phi) is 8.75. The fraction of sp³-hybridized carbons (Fsp3) is 0.375. The molecule has 0 spiro atoms. The van der Waals surface area contributed by atoms with Crippen molar-refractivity contribution in [1.82, 2.24) is 0 Å². The van der Waals surface area contributed by atoms with Gasteiger partial charge in [-0.05, 0) is 41.3 Å². The van der Waals surface area contributed by atoms with Gasteiger partial charge in [0.2, 0.25) is 11.7 Å². The van der Waals surface area contributed by atoms with Crippen LogP contribution in [0.1, 0.15) is 25.0 Å². The number of aliphatic hydroxyl groups excluding tert-OH is 1. The molecule has 0 bridgehead atoms. The van der Waals surface area contributed by atoms with E-state index < -0.39 is 5.92 Å². The first-order valence-corrected chi connectivity index (χ1v) is 9.96. The van der Waals surface area contributed by atoms with E-state index in [0.717, 1.165) is 11.1 Å². The highest BCUT2D eigenvalue weighted by molar-refractivity contribution is 5.94. The molecular weight excluding hydrogens is 398 g/mol. The molecule has 0 saturated carbocycles. The summed E-state index contributed by atoms with van der Waals surface area (Å²) in [6.07, 6.45) is 3.81. The standard InChI is InChI=1S/C24H31NO6/c1-15(2)18(14-26)24(27)25-19-11-16(9-10-20(19)28-3)7-8-17-12-21(29-4)23(31-6)22(13-17)30-5/h7-13,15,18,26H,14H2,1-6H3,(H,25,27). The largest absolute Gasteiger partial charge is 0.495 e. The van der Waals surface area contributed by atoms with Crippen LogP contribution < -0.4 is 24.3 Å². The van der Waals surface area contributed by atoms with Crippen molar-refractivity contribution >= 4 is 23.7 Å². The maximum Gasteiger partial charge on any atom is 0.230 e. The second-order valence-electron chi connectivity index (χ2n) is 7.27. The molecule has 0 radical (unpaired) electrons. The third-order valence-electron chi connectivity index (χ3n) is 4.97. The van der Waals surface area contributed by atoms with Crippen LogP contribution in [0.2, 0.25) is 0 Å². The summed E-state index contributed by atoms with van der Waals surface area (Å²) in [7, 11) is 6.24. The molecule has 0 saturated heterocycles. The zero-order valence-corrected chi connectivity index (χ0v) is 18.9. The van der Waals surface area contributed by atoms with Crippen LogP contribution in [-0.2, 0) is 4.79 Å². The van der Waals surface area contributed by atoms with Gasteiger partial charge in [0.05, 0.1) is 46.7 Å². The van der Waals surface area contributed by atoms with E-state index >= 15 is 0 Å². The molecule has 0 aliphatic carbocycles. The smallest absolute Gasteiger partial charge is 0.230 e. The molecule has 1 atom stereocenters. The van der Waals surface area contributed by atoms with Gasteiger partial charge in [-0.2, -0.15) is 0 Å². The van der Waals surface area contributed by atoms with E-state index in [1.165, 1.54) is 0 Å². The summed E-state index contributed by atoms with van der Waals surface area (Å²) >= 11 is 0. The summed E-state index contributed by atoms with van der Waals surface area (Å²) in [5.74, 6) is 1.46. The van der Waals surface area contributed by atoms with Crippen molar-refractivity contribution in [3.8, 4) is 23.0 Å². The summed E-state index contributed by atoms with van der Waals surface area (Å²) in [4.78, 5) is 12.6. The van der Waals surface area contributed by atoms with Crippen LogP contribution >= 0.6 is 0 Å². The zero-order chi connectivity index (χ0) is 23.0. The number of carbonyl (C=O) groups excluding carboxylic acids is 1. The van der Waals surface area contributed by atoms with Crippen molar-refractivity contribution in [3.63, 3.8) is 0 Å². The van der Waals surface area contributed by atoms with E-state index in [9.17, 15) is 9.90 Å². The average molecular weight is 430 g/mol. The number of nitrogens with one attached hydrogen (secondary N) is 1. The molecular formula is C24H31NO6. The van der Waals surface area contributed by atoms with E-state index in [1.54, 1.807) is 34.5 Å². The fourth-order valence-electron chi connectivity index (χ4n) is 3.14. The molecule has 7 nitrogen and oxygen atoms in total. The van der Waals surface area contributed by atoms with Gasteiger partial charge in [-0.25, -0.2) is 0 Å². The molecule has 0 aromatic heterocycles. The average Bonchev–Trinajstić information content (AvgIpc) is 2.77. The van der Waals surface area contributed by atoms with Gasteiger partial charge >= 0.3 is 0 Å². The minimum absolute atomic E-state index is 0.0131. The Labute approximate surface area is 183 Å². The van der Waals surface area contributed by atoms with Crippen LogP contribution in [0.15, 0.2) is 30.3 Å². The highest BCUT2D eigenvalue weighted by atomic mass is 16.5. The van der Waals surface area contributed by atoms with Gasteiger partial charge in [0.15, 0.2) is 11.5 Å². The maximum atomic E-state index is 12.6. The quantitative estimate of drug-likeness (QED) is 0.553. The molecule has 168 valence electrons. The van der Waals surface area contributed by atoms with Gasteiger partial charge in [0, 0.05) is 0 Å². The van der Waals surface area contributed by atoms with Crippen molar-refractivity contribution in [2.45, 2.75) is 13.8 Å². The summed E-state index contributed by atoms with van der Waals surface area (Å²) in [6, 6.07) is 9.18. The van der Waals surface area contributed by atoms with Crippen molar-refractivity contribution in [2.24, 2.45) is 11.8 Å². The first-order valence-electron chi connectivity index (χ1n) is 9.96. The zero-order valence-electron chi connectivity index (χ0n) is 18.9. The topological polar surface area (TPSA) is 86.3 Å². The Morgan fingerprint density at radius 3 is 1.97 bits per heavy atom. The molecule has 0 heterocycles. The predicted molar refractivity (Wildman–Crippen MR) is 122 cm³/mol. The number of rotatable bonds is 10. The predicted octanol–water partition coefficient (Wildman–Crippen LogP) is 4.09. The third kappa shape index (κ3) is 5.92. The number of methoxy groups -OCH3 is 4. The van der Waals surface area contributed by atoms with Gasteiger partial charge in [0.25, 0.3) is 0 Å². The molecule has 31 heavy (non-hydrogen) atoms. The summed E-state index contributed by atoms with van der Waals surface area (Å²) in [6.45, 7) is 3.58. The number of benzene rings is 2. The number of carbonyl (C=O) groups is 1. The molecule has 0 fully saturated rings. The number of amides is 1. The minimum atomic E-state index is -0.497. The summed E-state index contributed by atoms with van der Waals surface area (Å²) in [5.41, 5.74) is 2.25. The lowest BCUT2D eigenvalue weighted by Crippen LogP contribution is -2.29. The second-order valence-corrected chi connectivity index (χ2v) is 7.27. The number of hydrogen-bond donors (Lipinski definition) is 2. The molecule has 0 aliphatic heterocycles. The van der Waals surface area contributed by atoms with Gasteiger partial charge in [-0.15, -0.1) is 0 Å². The number of aliphatic hydroxyl groups is 1. The third-order valence-corrected chi connectivity index (χ3v) is 4.97. The highest BCUT2D eigenvalue weighted by Crippen LogP contribution is 2.38. The molecule has 1 amide bonds. The van der Waals surface area contributed by atoms with Crippen LogP contribution in [0.25, 0.3) is 12.2 Å². The lowest BCUT2D eigenvalue weighted by Gasteiger charge is -2.19. The number of anilines is 1. The van der Waals surface area contributed by atoms with E-state index in [2.05, 4.69) is 5.32 Å². The van der Waals surface area contributed by atoms with Crippen molar-refractivity contribution in [2.75, 3.05) is 40.4 Å². The number of hydrogen-bond acceptors (Lipinski definition) is 6. The Morgan fingerprint density at radius 1 is 0.903 bits per heavy atom. The van der Waals surface area contributed by atoms with E-state index in [4.69, 9.17) is 18.9 Å². The summed E-state index contributed by atoms with van der Waals surface area (Å²) in [5, 5.41) is 12.4. The van der Waals surface area contributed by atoms with Crippen molar-refractivity contribution < 1.29 is 28.8 Å². The normalized spacial score (nSPS) is 12.0. The Bertz CT molecular complexity index is 897. The van der Waals surface area contributed by atoms with Gasteiger partial charge in [0.1, 0.15) is 5.75 Å². The van der Waals surface area contributed by atoms with Gasteiger partial charge in [-0.3, -0.25) is 4.79 Å². The van der Waals surface area contributed by atoms with Crippen LogP contribution in [0.4, 0.5) is 5.69 Å². The lowest BCUT2D eigenvalue weighted by atomic mass is 9.96. The molecule has 2 rings (SSSR count). The van der Waals surface area contributed by atoms with E-state index in [0.29, 0.717) is 28.7 Å². The first-order chi connectivity index (χ1) is 14.9. The monoisotopic (exact) mass is 429 g/mol. The molecule has 2 N–H and O–H groups in total. The number of ether oxygens (including phenoxy) is 4. The van der Waals surface area contributed by atoms with Crippen molar-refractivity contribution in [1.29, 1.82) is 0 Å². The second kappa shape index (κ2) is 11.3. The van der Waals surface area contributed by atoms with E-state index in [1.807, 2.05) is 50.3 Å². The van der Waals surface area contributed by atoms with Crippen LogP contribution in [-0.4, -0.2) is 46.1 Å². The van der Waals surface area contributed by atoms with Crippen LogP contribution in [0, 0.1) is 11.8 Å². The minimum Gasteiger partial charge on any atom is -0.495 e. The maximum absolute atomic E-state index is 12.6. The Balaban J connectivity index is 2.33. The highest BCUT2D eigenvalue weighted by Gasteiger charge is 2.22. The Morgan fingerprint density at radius 2 is 1.48 bits per heavy atom. The lowest BCUT2D eigenvalue weighted by molar-refractivity contribution is -0.122. The van der Waals surface area contributed by atoms with Gasteiger partial charge < -0.3 is 29.4 Å². The van der Waals surface area contributed by atoms with Crippen molar-refractivity contribution in [3.05, 3.63) is 41.5 Å². The molecule has 1 unspecified atom stereocenters. The molecule has 2 aromatic carbocycles. The van der Waals surface area contributed by atoms with E-state index in [-0.39, 0.29) is 18.4 Å².